The summed E-state index contributed by atoms with van der Waals surface area (Å²) in [6.07, 6.45) is -3.25. The van der Waals surface area contributed by atoms with Gasteiger partial charge in [-0.2, -0.15) is 17.9 Å². The molecule has 0 bridgehead atoms. The van der Waals surface area contributed by atoms with Crippen molar-refractivity contribution in [1.29, 1.82) is 0 Å². The molecule has 0 spiro atoms. The molecule has 0 saturated heterocycles. The van der Waals surface area contributed by atoms with Crippen LogP contribution in [0.1, 0.15) is 41.5 Å². The summed E-state index contributed by atoms with van der Waals surface area (Å²) >= 11 is 0. The van der Waals surface area contributed by atoms with Crippen molar-refractivity contribution in [2.24, 2.45) is 0 Å². The van der Waals surface area contributed by atoms with E-state index in [1.54, 1.807) is 19.9 Å². The molecule has 1 heterocycles. The highest BCUT2D eigenvalue weighted by atomic mass is 19.4. The summed E-state index contributed by atoms with van der Waals surface area (Å²) in [5.74, 6) is -0.530. The number of alkyl halides is 3. The Morgan fingerprint density at radius 2 is 1.96 bits per heavy atom. The lowest BCUT2D eigenvalue weighted by molar-refractivity contribution is -0.608. The van der Waals surface area contributed by atoms with E-state index in [9.17, 15) is 23.2 Å². The number of carbonyl (C=O) groups is 1. The first-order chi connectivity index (χ1) is 11.3. The van der Waals surface area contributed by atoms with Crippen molar-refractivity contribution in [3.05, 3.63) is 70.7 Å². The Kier molecular flexibility index (Phi) is 5.11. The SMILES string of the molecule is CCN(C(=O)c1cccc[n+]1[O-])[C@@H](C)c1cccc(C(F)(F)F)c1. The number of amides is 1. The summed E-state index contributed by atoms with van der Waals surface area (Å²) in [6.45, 7) is 3.60. The number of hydrogen-bond donors (Lipinski definition) is 0. The summed E-state index contributed by atoms with van der Waals surface area (Å²) in [5, 5.41) is 11.7. The first-order valence-corrected chi connectivity index (χ1v) is 7.42. The van der Waals surface area contributed by atoms with E-state index in [4.69, 9.17) is 0 Å². The molecular formula is C17H17F3N2O2. The van der Waals surface area contributed by atoms with Crippen LogP contribution in [-0.4, -0.2) is 17.4 Å². The number of halogens is 3. The Balaban J connectivity index is 2.34. The van der Waals surface area contributed by atoms with Crippen molar-refractivity contribution < 1.29 is 22.7 Å². The van der Waals surface area contributed by atoms with Crippen molar-refractivity contribution in [3.8, 4) is 0 Å². The molecule has 0 N–H and O–H groups in total. The standard InChI is InChI=1S/C17H17F3N2O2/c1-3-21(16(23)15-9-4-5-10-22(15)24)12(2)13-7-6-8-14(11-13)17(18,19)20/h4-12H,3H2,1-2H3/t12-/m0/s1. The highest BCUT2D eigenvalue weighted by Gasteiger charge is 2.32. The molecule has 1 aromatic heterocycles. The van der Waals surface area contributed by atoms with Gasteiger partial charge in [0.1, 0.15) is 0 Å². The molecule has 1 aromatic carbocycles. The third kappa shape index (κ3) is 3.67. The monoisotopic (exact) mass is 338 g/mol. The third-order valence-electron chi connectivity index (χ3n) is 3.81. The first kappa shape index (κ1) is 17.8. The minimum absolute atomic E-state index is 0.0711. The van der Waals surface area contributed by atoms with Gasteiger partial charge in [0.2, 0.25) is 0 Å². The van der Waals surface area contributed by atoms with Crippen molar-refractivity contribution in [2.45, 2.75) is 26.1 Å². The molecule has 1 atom stereocenters. The predicted octanol–water partition coefficient (Wildman–Crippen LogP) is 3.56. The molecule has 0 unspecified atom stereocenters. The van der Waals surface area contributed by atoms with Crippen LogP contribution < -0.4 is 4.73 Å². The lowest BCUT2D eigenvalue weighted by Crippen LogP contribution is -2.42. The second-order valence-corrected chi connectivity index (χ2v) is 5.30. The molecule has 2 rings (SSSR count). The number of carbonyl (C=O) groups excluding carboxylic acids is 1. The number of rotatable bonds is 4. The molecule has 0 radical (unpaired) electrons. The summed E-state index contributed by atoms with van der Waals surface area (Å²) in [4.78, 5) is 13.9. The van der Waals surface area contributed by atoms with Crippen molar-refractivity contribution >= 4 is 5.91 Å². The zero-order valence-electron chi connectivity index (χ0n) is 13.2. The van der Waals surface area contributed by atoms with Gasteiger partial charge in [0.25, 0.3) is 5.69 Å². The molecular weight excluding hydrogens is 321 g/mol. The van der Waals surface area contributed by atoms with Gasteiger partial charge in [-0.25, -0.2) is 0 Å². The molecule has 0 saturated carbocycles. The van der Waals surface area contributed by atoms with Crippen LogP contribution in [0.3, 0.4) is 0 Å². The minimum Gasteiger partial charge on any atom is -0.618 e. The summed E-state index contributed by atoms with van der Waals surface area (Å²) in [7, 11) is 0. The fraction of sp³-hybridized carbons (Fsp3) is 0.294. The van der Waals surface area contributed by atoms with Crippen LogP contribution >= 0.6 is 0 Å². The van der Waals surface area contributed by atoms with Crippen LogP contribution in [0.15, 0.2) is 48.7 Å². The minimum atomic E-state index is -4.45. The highest BCUT2D eigenvalue weighted by Crippen LogP contribution is 2.32. The molecule has 0 aliphatic rings. The van der Waals surface area contributed by atoms with E-state index < -0.39 is 23.7 Å². The smallest absolute Gasteiger partial charge is 0.416 e. The van der Waals surface area contributed by atoms with E-state index in [2.05, 4.69) is 0 Å². The second kappa shape index (κ2) is 6.90. The van der Waals surface area contributed by atoms with Gasteiger partial charge < -0.3 is 10.1 Å². The van der Waals surface area contributed by atoms with Crippen LogP contribution in [0.2, 0.25) is 0 Å². The highest BCUT2D eigenvalue weighted by molar-refractivity contribution is 5.91. The number of benzene rings is 1. The van der Waals surface area contributed by atoms with E-state index in [1.165, 1.54) is 35.4 Å². The van der Waals surface area contributed by atoms with Gasteiger partial charge in [0.05, 0.1) is 11.6 Å². The van der Waals surface area contributed by atoms with Gasteiger partial charge in [-0.3, -0.25) is 4.79 Å². The lowest BCUT2D eigenvalue weighted by Gasteiger charge is -2.28. The molecule has 7 heteroatoms. The maximum absolute atomic E-state index is 12.9. The molecule has 0 aliphatic heterocycles. The normalized spacial score (nSPS) is 12.7. The number of pyridine rings is 1. The van der Waals surface area contributed by atoms with E-state index in [-0.39, 0.29) is 12.2 Å². The van der Waals surface area contributed by atoms with E-state index in [0.29, 0.717) is 10.3 Å². The average Bonchev–Trinajstić information content (AvgIpc) is 2.55. The van der Waals surface area contributed by atoms with Crippen LogP contribution in [-0.2, 0) is 6.18 Å². The zero-order valence-corrected chi connectivity index (χ0v) is 13.2. The maximum Gasteiger partial charge on any atom is 0.416 e. The van der Waals surface area contributed by atoms with Gasteiger partial charge in [0.15, 0.2) is 6.20 Å². The quantitative estimate of drug-likeness (QED) is 0.632. The van der Waals surface area contributed by atoms with Crippen molar-refractivity contribution in [3.63, 3.8) is 0 Å². The van der Waals surface area contributed by atoms with Gasteiger partial charge in [-0.05, 0) is 37.6 Å². The second-order valence-electron chi connectivity index (χ2n) is 5.30. The van der Waals surface area contributed by atoms with Crippen molar-refractivity contribution in [2.75, 3.05) is 6.54 Å². The maximum atomic E-state index is 12.9. The van der Waals surface area contributed by atoms with E-state index >= 15 is 0 Å². The fourth-order valence-corrected chi connectivity index (χ4v) is 2.49. The lowest BCUT2D eigenvalue weighted by atomic mass is 10.0. The average molecular weight is 338 g/mol. The van der Waals surface area contributed by atoms with Gasteiger partial charge in [0, 0.05) is 18.7 Å². The molecule has 24 heavy (non-hydrogen) atoms. The Morgan fingerprint density at radius 1 is 1.25 bits per heavy atom. The third-order valence-corrected chi connectivity index (χ3v) is 3.81. The molecule has 128 valence electrons. The fourth-order valence-electron chi connectivity index (χ4n) is 2.49. The van der Waals surface area contributed by atoms with Crippen LogP contribution in [0.25, 0.3) is 0 Å². The van der Waals surface area contributed by atoms with Crippen LogP contribution in [0.5, 0.6) is 0 Å². The molecule has 0 fully saturated rings. The van der Waals surface area contributed by atoms with E-state index in [1.807, 2.05) is 0 Å². The predicted molar refractivity (Wildman–Crippen MR) is 82.0 cm³/mol. The largest absolute Gasteiger partial charge is 0.618 e. The number of hydrogen-bond acceptors (Lipinski definition) is 2. The molecule has 0 aliphatic carbocycles. The Morgan fingerprint density at radius 3 is 2.54 bits per heavy atom. The van der Waals surface area contributed by atoms with Gasteiger partial charge in [-0.1, -0.05) is 12.1 Å². The Bertz CT molecular complexity index is 732. The Labute approximate surface area is 137 Å². The molecule has 4 nitrogen and oxygen atoms in total. The first-order valence-electron chi connectivity index (χ1n) is 7.42. The van der Waals surface area contributed by atoms with E-state index in [0.717, 1.165) is 12.1 Å². The van der Waals surface area contributed by atoms with Gasteiger partial charge >= 0.3 is 12.1 Å². The molecule has 1 amide bonds. The van der Waals surface area contributed by atoms with Crippen molar-refractivity contribution in [1.82, 2.24) is 4.90 Å². The number of nitrogens with zero attached hydrogens (tertiary/aromatic N) is 2. The molecule has 2 aromatic rings. The zero-order chi connectivity index (χ0) is 17.9. The van der Waals surface area contributed by atoms with Crippen LogP contribution in [0, 0.1) is 5.21 Å². The Hall–Kier alpha value is -2.57. The summed E-state index contributed by atoms with van der Waals surface area (Å²) in [5.41, 5.74) is -0.486. The summed E-state index contributed by atoms with van der Waals surface area (Å²) in [6, 6.07) is 8.69. The number of aromatic nitrogens is 1. The van der Waals surface area contributed by atoms with Gasteiger partial charge in [-0.15, -0.1) is 0 Å². The van der Waals surface area contributed by atoms with Crippen LogP contribution in [0.4, 0.5) is 13.2 Å². The summed E-state index contributed by atoms with van der Waals surface area (Å²) < 4.78 is 39.0. The topological polar surface area (TPSA) is 47.2 Å².